The number of fused-ring (bicyclic) bond motifs is 1. The highest BCUT2D eigenvalue weighted by Gasteiger charge is 2.42. The van der Waals surface area contributed by atoms with Crippen LogP contribution in [0.1, 0.15) is 37.0 Å². The van der Waals surface area contributed by atoms with Crippen LogP contribution in [0.4, 0.5) is 0 Å². The van der Waals surface area contributed by atoms with Crippen LogP contribution < -0.4 is 0 Å². The molecule has 2 saturated heterocycles. The number of amides is 1. The average Bonchev–Trinajstić information content (AvgIpc) is 2.97. The fraction of sp³-hybridized carbons (Fsp3) is 0.800. The number of sulfone groups is 1. The van der Waals surface area contributed by atoms with E-state index in [1.807, 2.05) is 0 Å². The summed E-state index contributed by atoms with van der Waals surface area (Å²) in [6.45, 7) is 3.54. The number of likely N-dealkylation sites (tertiary alicyclic amines) is 1. The Morgan fingerprint density at radius 3 is 2.79 bits per heavy atom. The third-order valence-electron chi connectivity index (χ3n) is 4.77. The highest BCUT2D eigenvalue weighted by molar-refractivity contribution is 7.90. The normalized spacial score (nSPS) is 27.8. The molecule has 1 aromatic heterocycles. The Balaban J connectivity index is 1.69. The Labute approximate surface area is 141 Å². The van der Waals surface area contributed by atoms with Crippen LogP contribution in [0, 0.1) is 12.8 Å². The van der Waals surface area contributed by atoms with Crippen molar-refractivity contribution in [3.8, 4) is 0 Å². The lowest BCUT2D eigenvalue weighted by Gasteiger charge is -2.44. The number of carbonyl (C=O) groups excluding carboxylic acids is 1. The fourth-order valence-electron chi connectivity index (χ4n) is 3.54. The van der Waals surface area contributed by atoms with E-state index in [2.05, 4.69) is 10.2 Å². The van der Waals surface area contributed by atoms with Gasteiger partial charge in [0.25, 0.3) is 0 Å². The van der Waals surface area contributed by atoms with Gasteiger partial charge in [0.2, 0.25) is 17.7 Å². The lowest BCUT2D eigenvalue weighted by atomic mass is 9.79. The summed E-state index contributed by atoms with van der Waals surface area (Å²) in [5, 5.41) is 8.05. The predicted octanol–water partition coefficient (Wildman–Crippen LogP) is 0.534. The number of hydrogen-bond donors (Lipinski definition) is 0. The van der Waals surface area contributed by atoms with Crippen LogP contribution in [-0.2, 0) is 19.4 Å². The van der Waals surface area contributed by atoms with E-state index in [1.54, 1.807) is 11.8 Å². The van der Waals surface area contributed by atoms with Crippen molar-refractivity contribution in [3.63, 3.8) is 0 Å². The average molecular weight is 357 g/mol. The number of piperidine rings is 1. The second kappa shape index (κ2) is 6.79. The number of ether oxygens (including phenoxy) is 1. The van der Waals surface area contributed by atoms with Gasteiger partial charge in [-0.05, 0) is 12.8 Å². The SMILES string of the molecule is Cc1nnc([C@@H]2CCO[C@@H]3CCN(C(=O)CCS(C)(=O)=O)C[C@@H]32)o1. The minimum atomic E-state index is -3.14. The van der Waals surface area contributed by atoms with Gasteiger partial charge < -0.3 is 14.1 Å². The fourth-order valence-corrected chi connectivity index (χ4v) is 4.09. The molecule has 0 bridgehead atoms. The van der Waals surface area contributed by atoms with Gasteiger partial charge in [-0.15, -0.1) is 10.2 Å². The monoisotopic (exact) mass is 357 g/mol. The summed E-state index contributed by atoms with van der Waals surface area (Å²) in [6, 6.07) is 0. The Morgan fingerprint density at radius 2 is 2.12 bits per heavy atom. The lowest BCUT2D eigenvalue weighted by molar-refractivity contribution is -0.139. The summed E-state index contributed by atoms with van der Waals surface area (Å²) < 4.78 is 34.0. The van der Waals surface area contributed by atoms with Crippen LogP contribution in [0.5, 0.6) is 0 Å². The Bertz CT molecular complexity index is 702. The molecule has 0 aliphatic carbocycles. The molecule has 1 aromatic rings. The van der Waals surface area contributed by atoms with Crippen LogP contribution in [0.25, 0.3) is 0 Å². The second-order valence-corrected chi connectivity index (χ2v) is 8.90. The maximum Gasteiger partial charge on any atom is 0.223 e. The summed E-state index contributed by atoms with van der Waals surface area (Å²) >= 11 is 0. The first-order chi connectivity index (χ1) is 11.3. The van der Waals surface area contributed by atoms with Crippen molar-refractivity contribution in [2.24, 2.45) is 5.92 Å². The summed E-state index contributed by atoms with van der Waals surface area (Å²) in [5.74, 6) is 1.09. The third kappa shape index (κ3) is 3.94. The van der Waals surface area contributed by atoms with Gasteiger partial charge in [0, 0.05) is 51.1 Å². The van der Waals surface area contributed by atoms with E-state index < -0.39 is 9.84 Å². The molecule has 3 heterocycles. The van der Waals surface area contributed by atoms with Crippen molar-refractivity contribution >= 4 is 15.7 Å². The number of carbonyl (C=O) groups is 1. The largest absolute Gasteiger partial charge is 0.425 e. The molecule has 24 heavy (non-hydrogen) atoms. The van der Waals surface area contributed by atoms with Crippen molar-refractivity contribution < 1.29 is 22.4 Å². The summed E-state index contributed by atoms with van der Waals surface area (Å²) in [4.78, 5) is 14.1. The van der Waals surface area contributed by atoms with Gasteiger partial charge in [-0.3, -0.25) is 4.79 Å². The molecule has 0 aromatic carbocycles. The topological polar surface area (TPSA) is 103 Å². The molecule has 0 spiro atoms. The first kappa shape index (κ1) is 17.3. The molecule has 2 aliphatic heterocycles. The van der Waals surface area contributed by atoms with Gasteiger partial charge in [0.15, 0.2) is 0 Å². The minimum Gasteiger partial charge on any atom is -0.425 e. The zero-order chi connectivity index (χ0) is 17.3. The predicted molar refractivity (Wildman–Crippen MR) is 85.1 cm³/mol. The van der Waals surface area contributed by atoms with Crippen LogP contribution in [-0.4, -0.2) is 67.2 Å². The first-order valence-corrected chi connectivity index (χ1v) is 10.3. The zero-order valence-corrected chi connectivity index (χ0v) is 14.8. The minimum absolute atomic E-state index is 0.0292. The van der Waals surface area contributed by atoms with E-state index in [1.165, 1.54) is 0 Å². The summed E-state index contributed by atoms with van der Waals surface area (Å²) in [6.07, 6.45) is 2.79. The molecule has 2 aliphatic rings. The van der Waals surface area contributed by atoms with Gasteiger partial charge in [0.1, 0.15) is 9.84 Å². The summed E-state index contributed by atoms with van der Waals surface area (Å²) in [5.41, 5.74) is 0. The Kier molecular flexibility index (Phi) is 4.91. The van der Waals surface area contributed by atoms with Crippen LogP contribution in [0.15, 0.2) is 4.42 Å². The maximum atomic E-state index is 12.3. The molecule has 3 atom stereocenters. The molecule has 8 nitrogen and oxygen atoms in total. The number of aryl methyl sites for hydroxylation is 1. The van der Waals surface area contributed by atoms with Crippen LogP contribution in [0.3, 0.4) is 0 Å². The third-order valence-corrected chi connectivity index (χ3v) is 5.71. The molecule has 0 unspecified atom stereocenters. The van der Waals surface area contributed by atoms with Crippen LogP contribution in [0.2, 0.25) is 0 Å². The number of hydrogen-bond acceptors (Lipinski definition) is 7. The van der Waals surface area contributed by atoms with E-state index >= 15 is 0 Å². The molecule has 0 radical (unpaired) electrons. The van der Waals surface area contributed by atoms with E-state index in [4.69, 9.17) is 9.15 Å². The van der Waals surface area contributed by atoms with Crippen molar-refractivity contribution in [2.45, 2.75) is 38.2 Å². The first-order valence-electron chi connectivity index (χ1n) is 8.20. The highest BCUT2D eigenvalue weighted by Crippen LogP contribution is 2.39. The van der Waals surface area contributed by atoms with Gasteiger partial charge in [0.05, 0.1) is 11.9 Å². The lowest BCUT2D eigenvalue weighted by Crippen LogP contribution is -2.51. The molecule has 0 saturated carbocycles. The van der Waals surface area contributed by atoms with E-state index in [-0.39, 0.29) is 36.0 Å². The Morgan fingerprint density at radius 1 is 1.33 bits per heavy atom. The Hall–Kier alpha value is -1.48. The number of rotatable bonds is 4. The quantitative estimate of drug-likeness (QED) is 0.774. The molecule has 134 valence electrons. The number of nitrogens with zero attached hydrogens (tertiary/aromatic N) is 3. The second-order valence-electron chi connectivity index (χ2n) is 6.64. The molecule has 3 rings (SSSR count). The van der Waals surface area contributed by atoms with Crippen LogP contribution >= 0.6 is 0 Å². The van der Waals surface area contributed by atoms with Crippen molar-refractivity contribution in [1.29, 1.82) is 0 Å². The van der Waals surface area contributed by atoms with Gasteiger partial charge >= 0.3 is 0 Å². The molecular weight excluding hydrogens is 334 g/mol. The van der Waals surface area contributed by atoms with E-state index in [0.29, 0.717) is 31.5 Å². The zero-order valence-electron chi connectivity index (χ0n) is 14.0. The highest BCUT2D eigenvalue weighted by atomic mass is 32.2. The van der Waals surface area contributed by atoms with Crippen molar-refractivity contribution in [3.05, 3.63) is 11.8 Å². The number of aromatic nitrogens is 2. The summed E-state index contributed by atoms with van der Waals surface area (Å²) in [7, 11) is -3.14. The van der Waals surface area contributed by atoms with Crippen molar-refractivity contribution in [1.82, 2.24) is 15.1 Å². The smallest absolute Gasteiger partial charge is 0.223 e. The van der Waals surface area contributed by atoms with Gasteiger partial charge in [-0.1, -0.05) is 0 Å². The molecule has 0 N–H and O–H groups in total. The van der Waals surface area contributed by atoms with E-state index in [9.17, 15) is 13.2 Å². The molecular formula is C15H23N3O5S. The van der Waals surface area contributed by atoms with E-state index in [0.717, 1.165) is 19.1 Å². The van der Waals surface area contributed by atoms with Gasteiger partial charge in [-0.2, -0.15) is 0 Å². The van der Waals surface area contributed by atoms with Crippen molar-refractivity contribution in [2.75, 3.05) is 31.7 Å². The molecule has 9 heteroatoms. The maximum absolute atomic E-state index is 12.3. The van der Waals surface area contributed by atoms with Gasteiger partial charge in [-0.25, -0.2) is 8.42 Å². The molecule has 2 fully saturated rings. The standard InChI is InChI=1S/C15H23N3O5S/c1-10-16-17-15(23-10)11-4-7-22-13-3-6-18(9-12(11)13)14(19)5-8-24(2,20)21/h11-13H,3-9H2,1-2H3/t11-,12-,13-/m1/s1. The molecule has 1 amide bonds.